The molecule has 0 fully saturated rings. The predicted molar refractivity (Wildman–Crippen MR) is 143 cm³/mol. The second kappa shape index (κ2) is 10.2. The zero-order chi connectivity index (χ0) is 25.8. The van der Waals surface area contributed by atoms with E-state index < -0.39 is 10.8 Å². The van der Waals surface area contributed by atoms with Crippen LogP contribution in [0.3, 0.4) is 0 Å². The fourth-order valence-corrected chi connectivity index (χ4v) is 3.89. The standard InChI is InChI=1S/C25H22N6O4S/c1-16-22(24(33)30(29(16)2)19-11-4-3-5-12-19)28-23(32)17-9-8-10-18(15-17)26-25(36)27-20-13-6-7-14-21(20)31(34)35/h3-15H,1-2H3,(H,28,32)(H2,26,27,36). The third kappa shape index (κ3) is 5.00. The molecule has 0 saturated heterocycles. The Morgan fingerprint density at radius 1 is 0.944 bits per heavy atom. The van der Waals surface area contributed by atoms with Crippen LogP contribution < -0.4 is 21.5 Å². The highest BCUT2D eigenvalue weighted by Crippen LogP contribution is 2.23. The van der Waals surface area contributed by atoms with Gasteiger partial charge in [-0.1, -0.05) is 36.4 Å². The molecule has 182 valence electrons. The maximum atomic E-state index is 13.1. The third-order valence-corrected chi connectivity index (χ3v) is 5.73. The van der Waals surface area contributed by atoms with Gasteiger partial charge in [0.1, 0.15) is 11.4 Å². The lowest BCUT2D eigenvalue weighted by Gasteiger charge is -2.12. The van der Waals surface area contributed by atoms with Crippen molar-refractivity contribution in [1.82, 2.24) is 9.36 Å². The van der Waals surface area contributed by atoms with Crippen LogP contribution in [0.25, 0.3) is 5.69 Å². The summed E-state index contributed by atoms with van der Waals surface area (Å²) in [5.41, 5.74) is 2.02. The van der Waals surface area contributed by atoms with Gasteiger partial charge in [0.05, 0.1) is 16.3 Å². The van der Waals surface area contributed by atoms with Crippen LogP contribution in [0.5, 0.6) is 0 Å². The van der Waals surface area contributed by atoms with Crippen molar-refractivity contribution < 1.29 is 9.72 Å². The monoisotopic (exact) mass is 502 g/mol. The first-order valence-corrected chi connectivity index (χ1v) is 11.2. The van der Waals surface area contributed by atoms with E-state index in [0.29, 0.717) is 22.6 Å². The molecule has 1 aromatic heterocycles. The van der Waals surface area contributed by atoms with Crippen molar-refractivity contribution in [2.24, 2.45) is 7.05 Å². The molecule has 1 amide bonds. The van der Waals surface area contributed by atoms with Crippen LogP contribution in [0.1, 0.15) is 16.1 Å². The van der Waals surface area contributed by atoms with Gasteiger partial charge in [-0.3, -0.25) is 24.4 Å². The summed E-state index contributed by atoms with van der Waals surface area (Å²) >= 11 is 5.28. The topological polar surface area (TPSA) is 123 Å². The van der Waals surface area contributed by atoms with E-state index in [2.05, 4.69) is 16.0 Å². The van der Waals surface area contributed by atoms with E-state index in [1.807, 2.05) is 30.3 Å². The summed E-state index contributed by atoms with van der Waals surface area (Å²) in [7, 11) is 1.74. The maximum absolute atomic E-state index is 13.1. The summed E-state index contributed by atoms with van der Waals surface area (Å²) in [6.45, 7) is 1.75. The number of nitro benzene ring substituents is 1. The first-order valence-electron chi connectivity index (χ1n) is 10.8. The number of nitrogens with zero attached hydrogens (tertiary/aromatic N) is 3. The molecule has 1 heterocycles. The minimum atomic E-state index is -0.507. The van der Waals surface area contributed by atoms with Crippen LogP contribution in [0.4, 0.5) is 22.7 Å². The van der Waals surface area contributed by atoms with Crippen molar-refractivity contribution >= 4 is 46.0 Å². The largest absolute Gasteiger partial charge is 0.332 e. The molecule has 0 aliphatic rings. The van der Waals surface area contributed by atoms with Gasteiger partial charge in [0.2, 0.25) is 0 Å². The van der Waals surface area contributed by atoms with Crippen LogP contribution in [0.15, 0.2) is 83.7 Å². The van der Waals surface area contributed by atoms with Gasteiger partial charge < -0.3 is 16.0 Å². The molecule has 36 heavy (non-hydrogen) atoms. The summed E-state index contributed by atoms with van der Waals surface area (Å²) in [5.74, 6) is -0.470. The minimum Gasteiger partial charge on any atom is -0.332 e. The number of rotatable bonds is 6. The van der Waals surface area contributed by atoms with Crippen molar-refractivity contribution in [3.05, 3.63) is 111 Å². The van der Waals surface area contributed by atoms with Gasteiger partial charge in [-0.25, -0.2) is 4.68 Å². The molecule has 0 aliphatic carbocycles. The lowest BCUT2D eigenvalue weighted by molar-refractivity contribution is -0.383. The van der Waals surface area contributed by atoms with Crippen molar-refractivity contribution in [3.63, 3.8) is 0 Å². The highest BCUT2D eigenvalue weighted by molar-refractivity contribution is 7.80. The number of benzene rings is 3. The number of amides is 1. The second-order valence-corrected chi connectivity index (χ2v) is 8.23. The Kier molecular flexibility index (Phi) is 6.93. The van der Waals surface area contributed by atoms with Crippen LogP contribution >= 0.6 is 12.2 Å². The lowest BCUT2D eigenvalue weighted by Crippen LogP contribution is -2.23. The number of hydrogen-bond acceptors (Lipinski definition) is 5. The number of aromatic nitrogens is 2. The number of thiocarbonyl (C=S) groups is 1. The summed E-state index contributed by atoms with van der Waals surface area (Å²) in [6, 6.07) is 21.8. The number of nitrogens with one attached hydrogen (secondary N) is 3. The number of carbonyl (C=O) groups is 1. The van der Waals surface area contributed by atoms with Gasteiger partial charge in [-0.05, 0) is 55.5 Å². The van der Waals surface area contributed by atoms with Gasteiger partial charge in [-0.2, -0.15) is 0 Å². The van der Waals surface area contributed by atoms with Gasteiger partial charge in [0.25, 0.3) is 17.2 Å². The van der Waals surface area contributed by atoms with Crippen LogP contribution in [0.2, 0.25) is 0 Å². The molecule has 0 bridgehead atoms. The molecule has 4 aromatic rings. The number of nitro groups is 1. The molecule has 0 aliphatic heterocycles. The second-order valence-electron chi connectivity index (χ2n) is 7.82. The number of hydrogen-bond donors (Lipinski definition) is 3. The van der Waals surface area contributed by atoms with Crippen LogP contribution in [-0.4, -0.2) is 25.3 Å². The first kappa shape index (κ1) is 24.4. The summed E-state index contributed by atoms with van der Waals surface area (Å²) in [6.07, 6.45) is 0. The fourth-order valence-electron chi connectivity index (χ4n) is 3.66. The molecule has 3 N–H and O–H groups in total. The normalized spacial score (nSPS) is 10.5. The molecule has 0 radical (unpaired) electrons. The Morgan fingerprint density at radius 3 is 2.36 bits per heavy atom. The van der Waals surface area contributed by atoms with Gasteiger partial charge >= 0.3 is 0 Å². The molecular formula is C25H22N6O4S. The summed E-state index contributed by atoms with van der Waals surface area (Å²) in [5, 5.41) is 19.8. The zero-order valence-corrected chi connectivity index (χ0v) is 20.2. The van der Waals surface area contributed by atoms with E-state index in [0.717, 1.165) is 0 Å². The van der Waals surface area contributed by atoms with E-state index in [1.165, 1.54) is 10.7 Å². The molecule has 0 unspecified atom stereocenters. The Morgan fingerprint density at radius 2 is 1.64 bits per heavy atom. The van der Waals surface area contributed by atoms with Crippen molar-refractivity contribution in [3.8, 4) is 5.69 Å². The lowest BCUT2D eigenvalue weighted by atomic mass is 10.2. The number of carbonyl (C=O) groups excluding carboxylic acids is 1. The Bertz CT molecular complexity index is 1530. The Labute approximate surface area is 211 Å². The molecule has 3 aromatic carbocycles. The first-order chi connectivity index (χ1) is 17.3. The van der Waals surface area contributed by atoms with E-state index in [1.54, 1.807) is 61.1 Å². The van der Waals surface area contributed by atoms with Gasteiger partial charge in [0.15, 0.2) is 5.11 Å². The average molecular weight is 503 g/mol. The summed E-state index contributed by atoms with van der Waals surface area (Å²) in [4.78, 5) is 36.8. The molecule has 0 spiro atoms. The smallest absolute Gasteiger partial charge is 0.295 e. The van der Waals surface area contributed by atoms with E-state index in [9.17, 15) is 19.7 Å². The Balaban J connectivity index is 1.51. The molecule has 0 atom stereocenters. The van der Waals surface area contributed by atoms with E-state index in [4.69, 9.17) is 12.2 Å². The number of para-hydroxylation sites is 3. The highest BCUT2D eigenvalue weighted by atomic mass is 32.1. The maximum Gasteiger partial charge on any atom is 0.295 e. The molecule has 0 saturated carbocycles. The van der Waals surface area contributed by atoms with Crippen LogP contribution in [-0.2, 0) is 7.05 Å². The van der Waals surface area contributed by atoms with Crippen molar-refractivity contribution in [1.29, 1.82) is 0 Å². The van der Waals surface area contributed by atoms with Crippen LogP contribution in [0, 0.1) is 17.0 Å². The molecule has 11 heteroatoms. The quantitative estimate of drug-likeness (QED) is 0.202. The summed E-state index contributed by atoms with van der Waals surface area (Å²) < 4.78 is 3.16. The average Bonchev–Trinajstić information content (AvgIpc) is 3.07. The SMILES string of the molecule is Cc1c(NC(=O)c2cccc(NC(=S)Nc3ccccc3[N+](=O)[O-])c2)c(=O)n(-c2ccccc2)n1C. The van der Waals surface area contributed by atoms with Gasteiger partial charge in [-0.15, -0.1) is 0 Å². The molecule has 4 rings (SSSR count). The fraction of sp³-hybridized carbons (Fsp3) is 0.0800. The van der Waals surface area contributed by atoms with Crippen molar-refractivity contribution in [2.45, 2.75) is 6.92 Å². The minimum absolute atomic E-state index is 0.117. The third-order valence-electron chi connectivity index (χ3n) is 5.52. The van der Waals surface area contributed by atoms with E-state index in [-0.39, 0.29) is 27.7 Å². The number of anilines is 3. The van der Waals surface area contributed by atoms with Gasteiger partial charge in [0, 0.05) is 24.4 Å². The zero-order valence-electron chi connectivity index (χ0n) is 19.4. The molecule has 10 nitrogen and oxygen atoms in total. The predicted octanol–water partition coefficient (Wildman–Crippen LogP) is 4.45. The Hall–Kier alpha value is -4.77. The van der Waals surface area contributed by atoms with E-state index >= 15 is 0 Å². The van der Waals surface area contributed by atoms with Crippen molar-refractivity contribution in [2.75, 3.05) is 16.0 Å². The molecular weight excluding hydrogens is 480 g/mol. The highest BCUT2D eigenvalue weighted by Gasteiger charge is 2.19.